The molecule has 1 aliphatic carbocycles. The molecule has 18 heavy (non-hydrogen) atoms. The molecule has 1 heterocycles. The van der Waals surface area contributed by atoms with Gasteiger partial charge in [-0.3, -0.25) is 4.79 Å². The SMILES string of the molecule is COCCCCCN1C[C@@H]2CCC[C@@]2(C(=O)O)C1. The number of aliphatic carboxylic acids is 1. The lowest BCUT2D eigenvalue weighted by atomic mass is 9.81. The molecular formula is C14H25NO3. The number of fused-ring (bicyclic) bond motifs is 1. The molecule has 0 aromatic rings. The monoisotopic (exact) mass is 255 g/mol. The number of likely N-dealkylation sites (tertiary alicyclic amines) is 1. The van der Waals surface area contributed by atoms with Gasteiger partial charge in [0.25, 0.3) is 0 Å². The van der Waals surface area contributed by atoms with Crippen LogP contribution in [0.3, 0.4) is 0 Å². The fourth-order valence-corrected chi connectivity index (χ4v) is 3.67. The van der Waals surface area contributed by atoms with E-state index < -0.39 is 11.4 Å². The highest BCUT2D eigenvalue weighted by molar-refractivity contribution is 5.76. The Morgan fingerprint density at radius 2 is 2.28 bits per heavy atom. The van der Waals surface area contributed by atoms with Gasteiger partial charge in [-0.2, -0.15) is 0 Å². The summed E-state index contributed by atoms with van der Waals surface area (Å²) in [7, 11) is 1.73. The smallest absolute Gasteiger partial charge is 0.311 e. The van der Waals surface area contributed by atoms with Gasteiger partial charge in [-0.25, -0.2) is 0 Å². The molecule has 104 valence electrons. The van der Waals surface area contributed by atoms with Crippen molar-refractivity contribution in [2.75, 3.05) is 33.4 Å². The summed E-state index contributed by atoms with van der Waals surface area (Å²) in [6.45, 7) is 3.66. The predicted octanol–water partition coefficient (Wildman–Crippen LogP) is 1.99. The Morgan fingerprint density at radius 3 is 2.94 bits per heavy atom. The Morgan fingerprint density at radius 1 is 1.44 bits per heavy atom. The van der Waals surface area contributed by atoms with Gasteiger partial charge in [0.15, 0.2) is 0 Å². The van der Waals surface area contributed by atoms with Crippen molar-refractivity contribution >= 4 is 5.97 Å². The van der Waals surface area contributed by atoms with Crippen LogP contribution < -0.4 is 0 Å². The van der Waals surface area contributed by atoms with Crippen LogP contribution in [0.4, 0.5) is 0 Å². The average molecular weight is 255 g/mol. The molecule has 1 N–H and O–H groups in total. The third-order valence-corrected chi connectivity index (χ3v) is 4.69. The summed E-state index contributed by atoms with van der Waals surface area (Å²) in [5.41, 5.74) is -0.410. The molecule has 4 heteroatoms. The second-order valence-corrected chi connectivity index (χ2v) is 5.84. The standard InChI is InChI=1S/C14H25NO3/c1-18-9-4-2-3-8-15-10-12-6-5-7-14(12,11-15)13(16)17/h12H,2-11H2,1H3,(H,16,17)/t12-,14+/m0/s1. The number of carbonyl (C=O) groups is 1. The van der Waals surface area contributed by atoms with Crippen LogP contribution in [0.1, 0.15) is 38.5 Å². The molecule has 0 spiro atoms. The first-order valence-corrected chi connectivity index (χ1v) is 7.14. The first-order chi connectivity index (χ1) is 8.69. The quantitative estimate of drug-likeness (QED) is 0.707. The molecule has 0 bridgehead atoms. The predicted molar refractivity (Wildman–Crippen MR) is 69.6 cm³/mol. The minimum absolute atomic E-state index is 0.397. The van der Waals surface area contributed by atoms with Gasteiger partial charge in [0.2, 0.25) is 0 Å². The van der Waals surface area contributed by atoms with Crippen molar-refractivity contribution in [3.63, 3.8) is 0 Å². The number of ether oxygens (including phenoxy) is 1. The molecule has 1 saturated carbocycles. The average Bonchev–Trinajstić information content (AvgIpc) is 2.86. The van der Waals surface area contributed by atoms with Crippen molar-refractivity contribution < 1.29 is 14.6 Å². The zero-order valence-corrected chi connectivity index (χ0v) is 11.4. The van der Waals surface area contributed by atoms with Gasteiger partial charge < -0.3 is 14.7 Å². The summed E-state index contributed by atoms with van der Waals surface area (Å²) in [6.07, 6.45) is 6.52. The lowest BCUT2D eigenvalue weighted by molar-refractivity contribution is -0.149. The van der Waals surface area contributed by atoms with E-state index in [9.17, 15) is 9.90 Å². The van der Waals surface area contributed by atoms with Crippen molar-refractivity contribution in [3.8, 4) is 0 Å². The number of nitrogens with zero attached hydrogens (tertiary/aromatic N) is 1. The zero-order valence-electron chi connectivity index (χ0n) is 11.4. The molecule has 0 amide bonds. The van der Waals surface area contributed by atoms with Crippen LogP contribution in [0.25, 0.3) is 0 Å². The number of carboxylic acids is 1. The van der Waals surface area contributed by atoms with Crippen LogP contribution in [-0.4, -0.2) is 49.3 Å². The highest BCUT2D eigenvalue weighted by atomic mass is 16.5. The van der Waals surface area contributed by atoms with Crippen LogP contribution in [0.15, 0.2) is 0 Å². The number of carboxylic acid groups (broad SMARTS) is 1. The Labute approximate surface area is 109 Å². The molecule has 2 atom stereocenters. The van der Waals surface area contributed by atoms with Gasteiger partial charge >= 0.3 is 5.97 Å². The Balaban J connectivity index is 1.76. The van der Waals surface area contributed by atoms with E-state index in [1.165, 1.54) is 6.42 Å². The van der Waals surface area contributed by atoms with Gasteiger partial charge in [-0.05, 0) is 44.6 Å². The van der Waals surface area contributed by atoms with Gasteiger partial charge in [-0.1, -0.05) is 6.42 Å². The number of methoxy groups -OCH3 is 1. The molecule has 2 rings (SSSR count). The highest BCUT2D eigenvalue weighted by Gasteiger charge is 2.54. The van der Waals surface area contributed by atoms with E-state index in [0.717, 1.165) is 58.3 Å². The summed E-state index contributed by atoms with van der Waals surface area (Å²) in [5.74, 6) is -0.166. The van der Waals surface area contributed by atoms with Gasteiger partial charge in [0, 0.05) is 26.8 Å². The molecule has 4 nitrogen and oxygen atoms in total. The summed E-state index contributed by atoms with van der Waals surface area (Å²) in [6, 6.07) is 0. The van der Waals surface area contributed by atoms with E-state index in [4.69, 9.17) is 4.74 Å². The molecule has 2 aliphatic rings. The lowest BCUT2D eigenvalue weighted by Gasteiger charge is -2.23. The molecule has 1 saturated heterocycles. The Hall–Kier alpha value is -0.610. The summed E-state index contributed by atoms with van der Waals surface area (Å²) in [5, 5.41) is 9.49. The van der Waals surface area contributed by atoms with E-state index in [0.29, 0.717) is 5.92 Å². The maximum Gasteiger partial charge on any atom is 0.311 e. The van der Waals surface area contributed by atoms with Crippen molar-refractivity contribution in [2.24, 2.45) is 11.3 Å². The van der Waals surface area contributed by atoms with Crippen LogP contribution >= 0.6 is 0 Å². The van der Waals surface area contributed by atoms with E-state index in [1.807, 2.05) is 0 Å². The minimum Gasteiger partial charge on any atom is -0.481 e. The largest absolute Gasteiger partial charge is 0.481 e. The molecule has 0 unspecified atom stereocenters. The maximum absolute atomic E-state index is 11.5. The second-order valence-electron chi connectivity index (χ2n) is 5.84. The van der Waals surface area contributed by atoms with Crippen molar-refractivity contribution in [2.45, 2.75) is 38.5 Å². The summed E-state index contributed by atoms with van der Waals surface area (Å²) < 4.78 is 5.03. The summed E-state index contributed by atoms with van der Waals surface area (Å²) in [4.78, 5) is 13.9. The Bertz CT molecular complexity index is 295. The molecule has 0 aromatic carbocycles. The molecule has 0 radical (unpaired) electrons. The zero-order chi connectivity index (χ0) is 13.0. The third kappa shape index (κ3) is 2.69. The van der Waals surface area contributed by atoms with Gasteiger partial charge in [-0.15, -0.1) is 0 Å². The fourth-order valence-electron chi connectivity index (χ4n) is 3.67. The normalized spacial score (nSPS) is 31.7. The molecule has 1 aliphatic heterocycles. The van der Waals surface area contributed by atoms with E-state index in [2.05, 4.69) is 4.90 Å². The van der Waals surface area contributed by atoms with Crippen LogP contribution in [0.2, 0.25) is 0 Å². The van der Waals surface area contributed by atoms with Crippen LogP contribution in [0, 0.1) is 11.3 Å². The minimum atomic E-state index is -0.563. The summed E-state index contributed by atoms with van der Waals surface area (Å²) >= 11 is 0. The molecular weight excluding hydrogens is 230 g/mol. The maximum atomic E-state index is 11.5. The van der Waals surface area contributed by atoms with Gasteiger partial charge in [0.1, 0.15) is 0 Å². The van der Waals surface area contributed by atoms with E-state index in [-0.39, 0.29) is 0 Å². The first kappa shape index (κ1) is 13.8. The van der Waals surface area contributed by atoms with Crippen LogP contribution in [0.5, 0.6) is 0 Å². The Kier molecular flexibility index (Phi) is 4.62. The number of unbranched alkanes of at least 4 members (excludes halogenated alkanes) is 2. The van der Waals surface area contributed by atoms with Gasteiger partial charge in [0.05, 0.1) is 5.41 Å². The topological polar surface area (TPSA) is 49.8 Å². The van der Waals surface area contributed by atoms with Crippen molar-refractivity contribution in [3.05, 3.63) is 0 Å². The molecule has 0 aromatic heterocycles. The number of hydrogen-bond acceptors (Lipinski definition) is 3. The second kappa shape index (κ2) is 6.02. The van der Waals surface area contributed by atoms with E-state index >= 15 is 0 Å². The van der Waals surface area contributed by atoms with Crippen molar-refractivity contribution in [1.29, 1.82) is 0 Å². The van der Waals surface area contributed by atoms with Crippen LogP contribution in [-0.2, 0) is 9.53 Å². The van der Waals surface area contributed by atoms with Crippen molar-refractivity contribution in [1.82, 2.24) is 4.90 Å². The lowest BCUT2D eigenvalue weighted by Crippen LogP contribution is -2.35. The number of rotatable bonds is 7. The third-order valence-electron chi connectivity index (χ3n) is 4.69. The first-order valence-electron chi connectivity index (χ1n) is 7.14. The molecule has 2 fully saturated rings. The number of hydrogen-bond donors (Lipinski definition) is 1. The highest BCUT2D eigenvalue weighted by Crippen LogP contribution is 2.48. The van der Waals surface area contributed by atoms with E-state index in [1.54, 1.807) is 7.11 Å². The fraction of sp³-hybridized carbons (Fsp3) is 0.929.